The summed E-state index contributed by atoms with van der Waals surface area (Å²) >= 11 is 5.32. The maximum absolute atomic E-state index is 12.6. The Labute approximate surface area is 128 Å². The molecule has 4 heteroatoms. The minimum Gasteiger partial charge on any atom is -0.391 e. The summed E-state index contributed by atoms with van der Waals surface area (Å²) < 4.78 is 0. The Hall–Kier alpha value is -0.640. The molecular weight excluding hydrogens is 268 g/mol. The van der Waals surface area contributed by atoms with Gasteiger partial charge >= 0.3 is 0 Å². The maximum atomic E-state index is 12.6. The second-order valence-corrected chi connectivity index (χ2v) is 7.16. The van der Waals surface area contributed by atoms with Crippen LogP contribution in [0.25, 0.3) is 0 Å². The van der Waals surface area contributed by atoms with Crippen molar-refractivity contribution in [3.8, 4) is 0 Å². The van der Waals surface area contributed by atoms with Crippen molar-refractivity contribution in [1.29, 1.82) is 0 Å². The first-order valence-corrected chi connectivity index (χ1v) is 8.58. The van der Waals surface area contributed by atoms with Crippen LogP contribution in [0, 0.1) is 11.8 Å². The van der Waals surface area contributed by atoms with Gasteiger partial charge in [0.05, 0.1) is 10.5 Å². The fourth-order valence-corrected chi connectivity index (χ4v) is 4.06. The van der Waals surface area contributed by atoms with Gasteiger partial charge in [0.1, 0.15) is 0 Å². The Kier molecular flexibility index (Phi) is 5.42. The lowest BCUT2D eigenvalue weighted by Gasteiger charge is -2.36. The summed E-state index contributed by atoms with van der Waals surface area (Å²) in [6.07, 6.45) is 11.1. The molecule has 0 aromatic rings. The van der Waals surface area contributed by atoms with Crippen molar-refractivity contribution in [2.45, 2.75) is 76.7 Å². The van der Waals surface area contributed by atoms with Gasteiger partial charge in [-0.05, 0) is 31.6 Å². The Morgan fingerprint density at radius 1 is 1.10 bits per heavy atom. The van der Waals surface area contributed by atoms with Crippen molar-refractivity contribution in [1.82, 2.24) is 5.32 Å². The molecule has 2 atom stereocenters. The molecule has 3 nitrogen and oxygen atoms in total. The smallest absolute Gasteiger partial charge is 0.224 e. The van der Waals surface area contributed by atoms with Crippen LogP contribution in [0.1, 0.15) is 71.1 Å². The van der Waals surface area contributed by atoms with Gasteiger partial charge < -0.3 is 11.1 Å². The van der Waals surface area contributed by atoms with Gasteiger partial charge in [-0.2, -0.15) is 0 Å². The highest BCUT2D eigenvalue weighted by atomic mass is 32.1. The van der Waals surface area contributed by atoms with Crippen molar-refractivity contribution in [3.05, 3.63) is 0 Å². The molecule has 2 aliphatic rings. The predicted molar refractivity (Wildman–Crippen MR) is 86.5 cm³/mol. The van der Waals surface area contributed by atoms with Crippen LogP contribution in [0.4, 0.5) is 0 Å². The van der Waals surface area contributed by atoms with Gasteiger partial charge in [-0.25, -0.2) is 0 Å². The molecule has 2 rings (SSSR count). The van der Waals surface area contributed by atoms with E-state index in [2.05, 4.69) is 12.2 Å². The molecule has 20 heavy (non-hydrogen) atoms. The molecule has 0 radical (unpaired) electrons. The topological polar surface area (TPSA) is 55.1 Å². The van der Waals surface area contributed by atoms with Crippen LogP contribution in [0.2, 0.25) is 0 Å². The number of carbonyl (C=O) groups excluding carboxylic acids is 1. The fraction of sp³-hybridized carbons (Fsp3) is 0.875. The van der Waals surface area contributed by atoms with Crippen molar-refractivity contribution in [3.63, 3.8) is 0 Å². The van der Waals surface area contributed by atoms with Crippen LogP contribution < -0.4 is 11.1 Å². The number of carbonyl (C=O) groups is 1. The van der Waals surface area contributed by atoms with Crippen LogP contribution >= 0.6 is 12.2 Å². The molecule has 0 aliphatic heterocycles. The van der Waals surface area contributed by atoms with Gasteiger partial charge in [-0.3, -0.25) is 4.79 Å². The van der Waals surface area contributed by atoms with Crippen LogP contribution in [0.5, 0.6) is 0 Å². The molecule has 2 fully saturated rings. The molecule has 0 aromatic carbocycles. The first-order valence-electron chi connectivity index (χ1n) is 8.17. The van der Waals surface area contributed by atoms with E-state index in [0.29, 0.717) is 10.9 Å². The zero-order chi connectivity index (χ0) is 14.6. The van der Waals surface area contributed by atoms with E-state index in [-0.39, 0.29) is 11.8 Å². The van der Waals surface area contributed by atoms with Gasteiger partial charge in [0, 0.05) is 5.92 Å². The van der Waals surface area contributed by atoms with E-state index in [1.165, 1.54) is 25.7 Å². The van der Waals surface area contributed by atoms with E-state index in [0.717, 1.165) is 38.5 Å². The Morgan fingerprint density at radius 2 is 1.70 bits per heavy atom. The lowest BCUT2D eigenvalue weighted by atomic mass is 9.83. The average molecular weight is 296 g/mol. The quantitative estimate of drug-likeness (QED) is 0.786. The SMILES string of the molecule is CC1CCCC1C(=O)NC1(C(N)=S)CCCCCCC1. The highest BCUT2D eigenvalue weighted by molar-refractivity contribution is 7.80. The van der Waals surface area contributed by atoms with Gasteiger partial charge in [-0.1, -0.05) is 57.7 Å². The second kappa shape index (κ2) is 6.88. The third kappa shape index (κ3) is 3.51. The summed E-state index contributed by atoms with van der Waals surface area (Å²) in [6, 6.07) is 0. The zero-order valence-electron chi connectivity index (χ0n) is 12.6. The second-order valence-electron chi connectivity index (χ2n) is 6.72. The zero-order valence-corrected chi connectivity index (χ0v) is 13.4. The number of hydrogen-bond acceptors (Lipinski definition) is 2. The molecule has 0 heterocycles. The van der Waals surface area contributed by atoms with E-state index in [4.69, 9.17) is 18.0 Å². The molecule has 1 amide bonds. The lowest BCUT2D eigenvalue weighted by Crippen LogP contribution is -2.58. The van der Waals surface area contributed by atoms with Gasteiger partial charge in [0.15, 0.2) is 0 Å². The van der Waals surface area contributed by atoms with Crippen molar-refractivity contribution < 1.29 is 4.79 Å². The molecular formula is C16H28N2OS. The maximum Gasteiger partial charge on any atom is 0.224 e. The first-order chi connectivity index (χ1) is 9.55. The highest BCUT2D eigenvalue weighted by Crippen LogP contribution is 2.33. The summed E-state index contributed by atoms with van der Waals surface area (Å²) in [5, 5.41) is 3.27. The summed E-state index contributed by atoms with van der Waals surface area (Å²) in [4.78, 5) is 13.1. The number of hydrogen-bond donors (Lipinski definition) is 2. The number of nitrogens with one attached hydrogen (secondary N) is 1. The molecule has 3 N–H and O–H groups in total. The Morgan fingerprint density at radius 3 is 2.20 bits per heavy atom. The molecule has 2 unspecified atom stereocenters. The predicted octanol–water partition coefficient (Wildman–Crippen LogP) is 3.31. The summed E-state index contributed by atoms with van der Waals surface area (Å²) in [6.45, 7) is 2.18. The van der Waals surface area contributed by atoms with Crippen LogP contribution in [0.3, 0.4) is 0 Å². The number of rotatable bonds is 3. The average Bonchev–Trinajstić information content (AvgIpc) is 2.78. The minimum atomic E-state index is -0.421. The van der Waals surface area contributed by atoms with Gasteiger partial charge in [-0.15, -0.1) is 0 Å². The molecule has 2 aliphatic carbocycles. The first kappa shape index (κ1) is 15.7. The number of amides is 1. The Balaban J connectivity index is 2.07. The van der Waals surface area contributed by atoms with Gasteiger partial charge in [0.2, 0.25) is 5.91 Å². The molecule has 0 spiro atoms. The third-order valence-corrected chi connectivity index (χ3v) is 5.63. The molecule has 0 aromatic heterocycles. The van der Waals surface area contributed by atoms with Crippen LogP contribution in [0.15, 0.2) is 0 Å². The fourth-order valence-electron chi connectivity index (χ4n) is 3.81. The molecule has 2 saturated carbocycles. The van der Waals surface area contributed by atoms with Crippen molar-refractivity contribution in [2.24, 2.45) is 17.6 Å². The van der Waals surface area contributed by atoms with E-state index in [1.54, 1.807) is 0 Å². The molecule has 114 valence electrons. The molecule has 0 saturated heterocycles. The minimum absolute atomic E-state index is 0.159. The van der Waals surface area contributed by atoms with Gasteiger partial charge in [0.25, 0.3) is 0 Å². The normalized spacial score (nSPS) is 30.2. The van der Waals surface area contributed by atoms with E-state index >= 15 is 0 Å². The standard InChI is InChI=1S/C16H28N2OS/c1-12-8-7-9-13(12)14(19)18-16(15(17)20)10-5-3-2-4-6-11-16/h12-13H,2-11H2,1H3,(H2,17,20)(H,18,19). The van der Waals surface area contributed by atoms with Crippen molar-refractivity contribution >= 4 is 23.1 Å². The van der Waals surface area contributed by atoms with E-state index in [1.807, 2.05) is 0 Å². The Bertz CT molecular complexity index is 361. The highest BCUT2D eigenvalue weighted by Gasteiger charge is 2.38. The van der Waals surface area contributed by atoms with Crippen LogP contribution in [-0.2, 0) is 4.79 Å². The largest absolute Gasteiger partial charge is 0.391 e. The summed E-state index contributed by atoms with van der Waals surface area (Å²) in [5.74, 6) is 0.835. The third-order valence-electron chi connectivity index (χ3n) is 5.24. The number of nitrogens with two attached hydrogens (primary N) is 1. The number of thiocarbonyl (C=S) groups is 1. The van der Waals surface area contributed by atoms with E-state index < -0.39 is 5.54 Å². The van der Waals surface area contributed by atoms with E-state index in [9.17, 15) is 4.79 Å². The van der Waals surface area contributed by atoms with Crippen molar-refractivity contribution in [2.75, 3.05) is 0 Å². The summed E-state index contributed by atoms with van der Waals surface area (Å²) in [7, 11) is 0. The van der Waals surface area contributed by atoms with Crippen LogP contribution in [-0.4, -0.2) is 16.4 Å². The summed E-state index contributed by atoms with van der Waals surface area (Å²) in [5.41, 5.74) is 5.60. The molecule has 0 bridgehead atoms. The lowest BCUT2D eigenvalue weighted by molar-refractivity contribution is -0.127. The monoisotopic (exact) mass is 296 g/mol.